The number of carbonyl (C=O) groups is 1. The van der Waals surface area contributed by atoms with Gasteiger partial charge in [0.2, 0.25) is 0 Å². The van der Waals surface area contributed by atoms with Crippen LogP contribution >= 0.6 is 0 Å². The minimum atomic E-state index is -4.12. The number of amides is 1. The molecule has 3 aromatic rings. The van der Waals surface area contributed by atoms with Crippen LogP contribution in [0.15, 0.2) is 70.7 Å². The number of hydrogen-bond acceptors (Lipinski definition) is 8. The van der Waals surface area contributed by atoms with Crippen LogP contribution in [0.5, 0.6) is 5.75 Å². The summed E-state index contributed by atoms with van der Waals surface area (Å²) in [6, 6.07) is 14.7. The molecule has 0 aliphatic carbocycles. The first-order chi connectivity index (χ1) is 18.7. The quantitative estimate of drug-likeness (QED) is 0.336. The van der Waals surface area contributed by atoms with Gasteiger partial charge < -0.3 is 9.64 Å². The highest BCUT2D eigenvalue weighted by Gasteiger charge is 2.39. The van der Waals surface area contributed by atoms with Crippen LogP contribution < -0.4 is 14.4 Å². The molecule has 0 unspecified atom stereocenters. The zero-order chi connectivity index (χ0) is 29.3. The van der Waals surface area contributed by atoms with Gasteiger partial charge in [-0.1, -0.05) is 30.3 Å². The molecule has 1 saturated heterocycles. The molecule has 0 bridgehead atoms. The molecule has 1 aliphatic rings. The highest BCUT2D eigenvalue weighted by molar-refractivity contribution is 7.90. The number of pyridine rings is 1. The predicted molar refractivity (Wildman–Crippen MR) is 151 cm³/mol. The van der Waals surface area contributed by atoms with Gasteiger partial charge in [0, 0.05) is 23.7 Å². The van der Waals surface area contributed by atoms with Crippen molar-refractivity contribution >= 4 is 21.7 Å². The minimum absolute atomic E-state index is 0.0372. The fourth-order valence-corrected chi connectivity index (χ4v) is 5.85. The van der Waals surface area contributed by atoms with Crippen molar-refractivity contribution in [1.29, 1.82) is 0 Å². The third-order valence-corrected chi connectivity index (χ3v) is 8.08. The van der Waals surface area contributed by atoms with E-state index < -0.39 is 27.3 Å². The first kappa shape index (κ1) is 29.1. The third kappa shape index (κ3) is 6.47. The Morgan fingerprint density at radius 2 is 1.88 bits per heavy atom. The van der Waals surface area contributed by atoms with Crippen LogP contribution in [-0.4, -0.2) is 43.5 Å². The smallest absolute Gasteiger partial charge is 0.268 e. The molecule has 1 fully saturated rings. The van der Waals surface area contributed by atoms with E-state index in [-0.39, 0.29) is 28.4 Å². The number of carbonyl (C=O) groups excluding carboxylic acids is 1. The molecule has 0 radical (unpaired) electrons. The van der Waals surface area contributed by atoms with Crippen molar-refractivity contribution in [1.82, 2.24) is 9.71 Å². The molecule has 1 amide bonds. The molecular formula is C29H33FN4O5S. The normalized spacial score (nSPS) is 16.9. The highest BCUT2D eigenvalue weighted by Crippen LogP contribution is 2.38. The molecule has 1 aromatic heterocycles. The number of halogens is 1. The summed E-state index contributed by atoms with van der Waals surface area (Å²) in [5.41, 5.74) is -0.531. The summed E-state index contributed by atoms with van der Waals surface area (Å²) in [7, 11) is -4.12. The zero-order valence-corrected chi connectivity index (χ0v) is 24.0. The van der Waals surface area contributed by atoms with Crippen LogP contribution in [0.25, 0.3) is 11.3 Å². The summed E-state index contributed by atoms with van der Waals surface area (Å²) in [5, 5.41) is 3.02. The number of nitroso groups, excluding NO2 is 1. The van der Waals surface area contributed by atoms with Crippen molar-refractivity contribution in [2.45, 2.75) is 57.0 Å². The van der Waals surface area contributed by atoms with E-state index in [9.17, 15) is 22.5 Å². The standard InChI is InChI=1S/C29H33FN4O5S/c1-19-16-29(4,5)34(17-19)26-24(27(35)32-40(37,38)23-9-7-6-8-10-23)11-12-25(31-26)20-13-21(30)15-22(14-20)39-18-28(2,3)33-36/h6-15,19H,16-18H2,1-5H3,(H,32,35)/t19-/m0/s1. The topological polar surface area (TPSA) is 118 Å². The molecule has 212 valence electrons. The molecule has 1 N–H and O–H groups in total. The molecule has 4 rings (SSSR count). The third-order valence-electron chi connectivity index (χ3n) is 6.74. The second-order valence-corrected chi connectivity index (χ2v) is 13.1. The molecule has 0 saturated carbocycles. The maximum absolute atomic E-state index is 14.6. The van der Waals surface area contributed by atoms with E-state index in [0.717, 1.165) is 6.42 Å². The van der Waals surface area contributed by atoms with Crippen LogP contribution in [0.3, 0.4) is 0 Å². The van der Waals surface area contributed by atoms with E-state index >= 15 is 0 Å². The molecule has 1 aliphatic heterocycles. The summed E-state index contributed by atoms with van der Waals surface area (Å²) in [6.07, 6.45) is 0.834. The lowest BCUT2D eigenvalue weighted by Crippen LogP contribution is -2.41. The Balaban J connectivity index is 1.75. The summed E-state index contributed by atoms with van der Waals surface area (Å²) >= 11 is 0. The Bertz CT molecular complexity index is 1530. The fraction of sp³-hybridized carbons (Fsp3) is 0.379. The van der Waals surface area contributed by atoms with E-state index in [1.165, 1.54) is 36.4 Å². The maximum atomic E-state index is 14.6. The lowest BCUT2D eigenvalue weighted by molar-refractivity contribution is 0.0981. The summed E-state index contributed by atoms with van der Waals surface area (Å²) in [6.45, 7) is 9.92. The van der Waals surface area contributed by atoms with Crippen molar-refractivity contribution in [2.24, 2.45) is 11.1 Å². The van der Waals surface area contributed by atoms with Crippen molar-refractivity contribution in [3.8, 4) is 17.0 Å². The summed E-state index contributed by atoms with van der Waals surface area (Å²) < 4.78 is 48.2. The van der Waals surface area contributed by atoms with E-state index in [2.05, 4.69) is 16.8 Å². The molecule has 2 aromatic carbocycles. The Morgan fingerprint density at radius 3 is 2.50 bits per heavy atom. The first-order valence-electron chi connectivity index (χ1n) is 12.9. The first-order valence-corrected chi connectivity index (χ1v) is 14.4. The number of ether oxygens (including phenoxy) is 1. The average molecular weight is 569 g/mol. The number of benzene rings is 2. The van der Waals surface area contributed by atoms with E-state index in [1.807, 2.05) is 18.7 Å². The SMILES string of the molecule is C[C@@H]1CN(c2nc(-c3cc(F)cc(OCC(C)(C)N=O)c3)ccc2C(=O)NS(=O)(=O)c2ccccc2)C(C)(C)C1. The van der Waals surface area contributed by atoms with Crippen molar-refractivity contribution in [3.05, 3.63) is 77.0 Å². The molecule has 0 spiro atoms. The Hall–Kier alpha value is -3.86. The van der Waals surface area contributed by atoms with Gasteiger partial charge in [0.15, 0.2) is 0 Å². The predicted octanol–water partition coefficient (Wildman–Crippen LogP) is 5.56. The second kappa shape index (κ2) is 11.0. The molecule has 11 heteroatoms. The van der Waals surface area contributed by atoms with Crippen LogP contribution in [0, 0.1) is 16.6 Å². The lowest BCUT2D eigenvalue weighted by atomic mass is 9.97. The zero-order valence-electron chi connectivity index (χ0n) is 23.1. The molecule has 2 heterocycles. The van der Waals surface area contributed by atoms with Gasteiger partial charge in [0.25, 0.3) is 15.9 Å². The number of nitrogens with zero attached hydrogens (tertiary/aromatic N) is 3. The number of anilines is 1. The number of rotatable bonds is 9. The van der Waals surface area contributed by atoms with Crippen LogP contribution in [0.2, 0.25) is 0 Å². The van der Waals surface area contributed by atoms with Crippen molar-refractivity contribution in [3.63, 3.8) is 0 Å². The number of hydrogen-bond donors (Lipinski definition) is 1. The van der Waals surface area contributed by atoms with Gasteiger partial charge in [-0.3, -0.25) is 4.79 Å². The monoisotopic (exact) mass is 568 g/mol. The van der Waals surface area contributed by atoms with Crippen molar-refractivity contribution in [2.75, 3.05) is 18.1 Å². The number of nitrogens with one attached hydrogen (secondary N) is 1. The molecular weight excluding hydrogens is 535 g/mol. The van der Waals surface area contributed by atoms with Crippen LogP contribution in [0.1, 0.15) is 51.4 Å². The van der Waals surface area contributed by atoms with Gasteiger partial charge in [-0.25, -0.2) is 22.5 Å². The maximum Gasteiger partial charge on any atom is 0.268 e. The largest absolute Gasteiger partial charge is 0.491 e. The highest BCUT2D eigenvalue weighted by atomic mass is 32.2. The van der Waals surface area contributed by atoms with Gasteiger partial charge in [-0.15, -0.1) is 0 Å². The lowest BCUT2D eigenvalue weighted by Gasteiger charge is -2.34. The van der Waals surface area contributed by atoms with Crippen molar-refractivity contribution < 1.29 is 22.3 Å². The van der Waals surface area contributed by atoms with Gasteiger partial charge in [-0.05, 0) is 76.4 Å². The summed E-state index contributed by atoms with van der Waals surface area (Å²) in [5.74, 6) is -0.598. The van der Waals surface area contributed by atoms with Gasteiger partial charge in [-0.2, -0.15) is 4.91 Å². The number of sulfonamides is 1. The Kier molecular flexibility index (Phi) is 7.98. The van der Waals surface area contributed by atoms with Crippen LogP contribution in [0.4, 0.5) is 10.2 Å². The van der Waals surface area contributed by atoms with E-state index in [4.69, 9.17) is 9.72 Å². The Labute approximate surface area is 233 Å². The fourth-order valence-electron chi connectivity index (χ4n) is 4.87. The number of aromatic nitrogens is 1. The van der Waals surface area contributed by atoms with Gasteiger partial charge in [0.1, 0.15) is 29.5 Å². The summed E-state index contributed by atoms with van der Waals surface area (Å²) in [4.78, 5) is 31.1. The molecule has 1 atom stereocenters. The van der Waals surface area contributed by atoms with E-state index in [1.54, 1.807) is 38.1 Å². The van der Waals surface area contributed by atoms with Crippen LogP contribution in [-0.2, 0) is 10.0 Å². The molecule has 9 nitrogen and oxygen atoms in total. The van der Waals surface area contributed by atoms with Gasteiger partial charge >= 0.3 is 0 Å². The second-order valence-electron chi connectivity index (χ2n) is 11.4. The van der Waals surface area contributed by atoms with Gasteiger partial charge in [0.05, 0.1) is 16.2 Å². The molecule has 40 heavy (non-hydrogen) atoms. The Morgan fingerprint density at radius 1 is 1.18 bits per heavy atom. The average Bonchev–Trinajstić information content (AvgIpc) is 3.18. The minimum Gasteiger partial charge on any atom is -0.491 e. The van der Waals surface area contributed by atoms with E-state index in [0.29, 0.717) is 29.5 Å².